The van der Waals surface area contributed by atoms with E-state index in [0.29, 0.717) is 5.69 Å². The zero-order valence-corrected chi connectivity index (χ0v) is 8.72. The van der Waals surface area contributed by atoms with E-state index < -0.39 is 17.5 Å². The monoisotopic (exact) mass is 232 g/mol. The van der Waals surface area contributed by atoms with Crippen LogP contribution in [0, 0.1) is 5.82 Å². The number of hydrogen-bond acceptors (Lipinski definition) is 3. The highest BCUT2D eigenvalue weighted by Gasteiger charge is 2.11. The van der Waals surface area contributed by atoms with E-state index in [2.05, 4.69) is 10.3 Å². The predicted molar refractivity (Wildman–Crippen MR) is 60.3 cm³/mol. The van der Waals surface area contributed by atoms with Crippen LogP contribution >= 0.6 is 0 Å². The van der Waals surface area contributed by atoms with Gasteiger partial charge in [0.15, 0.2) is 0 Å². The van der Waals surface area contributed by atoms with Gasteiger partial charge in [0.1, 0.15) is 11.6 Å². The van der Waals surface area contributed by atoms with Gasteiger partial charge in [-0.15, -0.1) is 0 Å². The van der Waals surface area contributed by atoms with Crippen LogP contribution in [0.4, 0.5) is 10.1 Å². The van der Waals surface area contributed by atoms with Gasteiger partial charge in [-0.05, 0) is 24.3 Å². The Morgan fingerprint density at radius 1 is 1.24 bits per heavy atom. The van der Waals surface area contributed by atoms with Gasteiger partial charge in [0.05, 0.1) is 5.56 Å². The van der Waals surface area contributed by atoms with Gasteiger partial charge in [-0.25, -0.2) is 4.39 Å². The van der Waals surface area contributed by atoms with Crippen molar-refractivity contribution >= 4 is 11.6 Å². The lowest BCUT2D eigenvalue weighted by Crippen LogP contribution is -2.12. The number of carbonyl (C=O) groups excluding carboxylic acids is 1. The number of anilines is 1. The summed E-state index contributed by atoms with van der Waals surface area (Å²) >= 11 is 0. The van der Waals surface area contributed by atoms with Crippen molar-refractivity contribution in [1.82, 2.24) is 4.98 Å². The lowest BCUT2D eigenvalue weighted by atomic mass is 10.2. The number of hydrogen-bond donors (Lipinski definition) is 2. The minimum absolute atomic E-state index is 0.0169. The molecule has 0 saturated heterocycles. The van der Waals surface area contributed by atoms with Crippen molar-refractivity contribution in [1.29, 1.82) is 0 Å². The van der Waals surface area contributed by atoms with Crippen molar-refractivity contribution in [3.05, 3.63) is 54.1 Å². The molecule has 2 rings (SSSR count). The van der Waals surface area contributed by atoms with E-state index in [1.807, 2.05) is 0 Å². The fraction of sp³-hybridized carbons (Fsp3) is 0. The molecule has 2 N–H and O–H groups in total. The molecule has 1 aromatic carbocycles. The summed E-state index contributed by atoms with van der Waals surface area (Å²) in [6.45, 7) is 0. The van der Waals surface area contributed by atoms with Crippen LogP contribution in [0.25, 0.3) is 0 Å². The van der Waals surface area contributed by atoms with Crippen LogP contribution in [0.2, 0.25) is 0 Å². The second kappa shape index (κ2) is 4.61. The van der Waals surface area contributed by atoms with Gasteiger partial charge in [0.25, 0.3) is 5.91 Å². The second-order valence-corrected chi connectivity index (χ2v) is 3.35. The summed E-state index contributed by atoms with van der Waals surface area (Å²) in [5.41, 5.74) is 0.567. The topological polar surface area (TPSA) is 62.2 Å². The van der Waals surface area contributed by atoms with Gasteiger partial charge in [0.2, 0.25) is 0 Å². The average molecular weight is 232 g/mol. The summed E-state index contributed by atoms with van der Waals surface area (Å²) in [5.74, 6) is -1.49. The van der Waals surface area contributed by atoms with Crippen LogP contribution in [0.3, 0.4) is 0 Å². The molecule has 1 aromatic heterocycles. The first-order chi connectivity index (χ1) is 8.16. The van der Waals surface area contributed by atoms with Crippen molar-refractivity contribution in [2.75, 3.05) is 5.32 Å². The number of rotatable bonds is 2. The second-order valence-electron chi connectivity index (χ2n) is 3.35. The number of carbonyl (C=O) groups is 1. The van der Waals surface area contributed by atoms with Gasteiger partial charge in [-0.1, -0.05) is 0 Å². The lowest BCUT2D eigenvalue weighted by molar-refractivity contribution is 0.102. The smallest absolute Gasteiger partial charge is 0.259 e. The first kappa shape index (κ1) is 11.1. The molecule has 0 saturated carbocycles. The summed E-state index contributed by atoms with van der Waals surface area (Å²) in [7, 11) is 0. The van der Waals surface area contributed by atoms with Gasteiger partial charge < -0.3 is 10.4 Å². The molecule has 17 heavy (non-hydrogen) atoms. The molecular weight excluding hydrogens is 223 g/mol. The van der Waals surface area contributed by atoms with E-state index in [9.17, 15) is 14.3 Å². The molecule has 0 aliphatic heterocycles. The number of benzene rings is 1. The SMILES string of the molecule is O=C(Nc1ccncc1)c1ccc(F)cc1O. The third-order valence-electron chi connectivity index (χ3n) is 2.14. The Morgan fingerprint density at radius 3 is 2.59 bits per heavy atom. The number of aromatic nitrogens is 1. The molecule has 1 heterocycles. The standard InChI is InChI=1S/C12H9FN2O2/c13-8-1-2-10(11(16)7-8)12(17)15-9-3-5-14-6-4-9/h1-7,16H,(H,14,15,17). The van der Waals surface area contributed by atoms with E-state index in [4.69, 9.17) is 0 Å². The van der Waals surface area contributed by atoms with Crippen LogP contribution in [0.5, 0.6) is 5.75 Å². The van der Waals surface area contributed by atoms with Gasteiger partial charge in [0, 0.05) is 24.1 Å². The van der Waals surface area contributed by atoms with E-state index in [-0.39, 0.29) is 5.56 Å². The van der Waals surface area contributed by atoms with Gasteiger partial charge in [-0.3, -0.25) is 9.78 Å². The quantitative estimate of drug-likeness (QED) is 0.834. The number of nitrogens with zero attached hydrogens (tertiary/aromatic N) is 1. The van der Waals surface area contributed by atoms with Crippen molar-refractivity contribution in [3.63, 3.8) is 0 Å². The fourth-order valence-electron chi connectivity index (χ4n) is 1.33. The first-order valence-electron chi connectivity index (χ1n) is 4.87. The summed E-state index contributed by atoms with van der Waals surface area (Å²) in [4.78, 5) is 15.5. The number of nitrogens with one attached hydrogen (secondary N) is 1. The van der Waals surface area contributed by atoms with E-state index in [1.165, 1.54) is 18.5 Å². The number of pyridine rings is 1. The number of amides is 1. The molecule has 0 radical (unpaired) electrons. The highest BCUT2D eigenvalue weighted by Crippen LogP contribution is 2.19. The van der Waals surface area contributed by atoms with Gasteiger partial charge >= 0.3 is 0 Å². The van der Waals surface area contributed by atoms with Crippen molar-refractivity contribution in [2.24, 2.45) is 0 Å². The molecule has 4 nitrogen and oxygen atoms in total. The molecule has 2 aromatic rings. The predicted octanol–water partition coefficient (Wildman–Crippen LogP) is 2.18. The molecule has 0 atom stereocenters. The number of phenols is 1. The minimum Gasteiger partial charge on any atom is -0.507 e. The van der Waals surface area contributed by atoms with Gasteiger partial charge in [-0.2, -0.15) is 0 Å². The first-order valence-corrected chi connectivity index (χ1v) is 4.87. The van der Waals surface area contributed by atoms with Crippen molar-refractivity contribution in [3.8, 4) is 5.75 Å². The number of aromatic hydroxyl groups is 1. The Kier molecular flexibility index (Phi) is 3.00. The normalized spacial score (nSPS) is 9.94. The van der Waals surface area contributed by atoms with Crippen LogP contribution in [-0.2, 0) is 0 Å². The summed E-state index contributed by atoms with van der Waals surface area (Å²) < 4.78 is 12.7. The van der Waals surface area contributed by atoms with Crippen LogP contribution < -0.4 is 5.32 Å². The zero-order chi connectivity index (χ0) is 12.3. The average Bonchev–Trinajstić information content (AvgIpc) is 2.30. The maximum atomic E-state index is 12.7. The molecule has 0 fully saturated rings. The van der Waals surface area contributed by atoms with E-state index in [1.54, 1.807) is 12.1 Å². The molecular formula is C12H9FN2O2. The zero-order valence-electron chi connectivity index (χ0n) is 8.72. The molecule has 0 aliphatic carbocycles. The molecule has 86 valence electrons. The van der Waals surface area contributed by atoms with E-state index >= 15 is 0 Å². The number of phenolic OH excluding ortho intramolecular Hbond substituents is 1. The Labute approximate surface area is 96.7 Å². The minimum atomic E-state index is -0.594. The summed E-state index contributed by atoms with van der Waals surface area (Å²) in [6, 6.07) is 6.45. The Balaban J connectivity index is 2.21. The Bertz CT molecular complexity index is 543. The molecule has 0 unspecified atom stereocenters. The van der Waals surface area contributed by atoms with Crippen molar-refractivity contribution < 1.29 is 14.3 Å². The highest BCUT2D eigenvalue weighted by atomic mass is 19.1. The Hall–Kier alpha value is -2.43. The highest BCUT2D eigenvalue weighted by molar-refractivity contribution is 6.06. The Morgan fingerprint density at radius 2 is 1.94 bits per heavy atom. The third kappa shape index (κ3) is 2.57. The lowest BCUT2D eigenvalue weighted by Gasteiger charge is -2.06. The molecule has 0 spiro atoms. The third-order valence-corrected chi connectivity index (χ3v) is 2.14. The van der Waals surface area contributed by atoms with Crippen LogP contribution in [0.15, 0.2) is 42.7 Å². The maximum Gasteiger partial charge on any atom is 0.259 e. The fourth-order valence-corrected chi connectivity index (χ4v) is 1.33. The largest absolute Gasteiger partial charge is 0.507 e. The molecule has 5 heteroatoms. The maximum absolute atomic E-state index is 12.7. The molecule has 0 bridgehead atoms. The summed E-state index contributed by atoms with van der Waals surface area (Å²) in [5, 5.41) is 12.0. The van der Waals surface area contributed by atoms with E-state index in [0.717, 1.165) is 12.1 Å². The van der Waals surface area contributed by atoms with Crippen LogP contribution in [-0.4, -0.2) is 16.0 Å². The number of halogens is 1. The molecule has 0 aliphatic rings. The van der Waals surface area contributed by atoms with Crippen LogP contribution in [0.1, 0.15) is 10.4 Å². The molecule has 1 amide bonds. The van der Waals surface area contributed by atoms with Crippen molar-refractivity contribution in [2.45, 2.75) is 0 Å². The summed E-state index contributed by atoms with van der Waals surface area (Å²) in [6.07, 6.45) is 3.06.